The summed E-state index contributed by atoms with van der Waals surface area (Å²) in [6.45, 7) is 3.88. The van der Waals surface area contributed by atoms with Gasteiger partial charge in [0.15, 0.2) is 5.82 Å². The van der Waals surface area contributed by atoms with Gasteiger partial charge >= 0.3 is 0 Å². The van der Waals surface area contributed by atoms with Crippen LogP contribution in [0.25, 0.3) is 5.69 Å². The van der Waals surface area contributed by atoms with E-state index in [-0.39, 0.29) is 0 Å². The number of aryl methyl sites for hydroxylation is 1. The molecule has 0 unspecified atom stereocenters. The smallest absolute Gasteiger partial charge is 0.151 e. The summed E-state index contributed by atoms with van der Waals surface area (Å²) >= 11 is 0. The lowest BCUT2D eigenvalue weighted by molar-refractivity contribution is 0.144. The van der Waals surface area contributed by atoms with Crippen LogP contribution >= 0.6 is 0 Å². The lowest BCUT2D eigenvalue weighted by Gasteiger charge is -2.09. The molecule has 1 aromatic carbocycles. The van der Waals surface area contributed by atoms with E-state index in [2.05, 4.69) is 10.2 Å². The minimum Gasteiger partial charge on any atom is -0.382 e. The fourth-order valence-electron chi connectivity index (χ4n) is 2.00. The van der Waals surface area contributed by atoms with Gasteiger partial charge in [-0.25, -0.2) is 0 Å². The molecular formula is C14H20N4O. The predicted octanol–water partition coefficient (Wildman–Crippen LogP) is 1.70. The highest BCUT2D eigenvalue weighted by molar-refractivity contribution is 5.34. The summed E-state index contributed by atoms with van der Waals surface area (Å²) in [5.74, 6) is 1.73. The second kappa shape index (κ2) is 7.01. The molecule has 5 nitrogen and oxygen atoms in total. The summed E-state index contributed by atoms with van der Waals surface area (Å²) in [5.41, 5.74) is 6.78. The summed E-state index contributed by atoms with van der Waals surface area (Å²) in [4.78, 5) is 0. The number of nitrogens with two attached hydrogens (primary N) is 1. The van der Waals surface area contributed by atoms with Gasteiger partial charge in [0.1, 0.15) is 5.82 Å². The number of para-hydroxylation sites is 1. The second-order valence-electron chi connectivity index (χ2n) is 4.21. The Morgan fingerprint density at radius 2 is 1.89 bits per heavy atom. The molecule has 0 spiro atoms. The van der Waals surface area contributed by atoms with Crippen LogP contribution in [0.3, 0.4) is 0 Å². The van der Waals surface area contributed by atoms with Crippen LogP contribution in [0, 0.1) is 0 Å². The Kier molecular flexibility index (Phi) is 5.06. The van der Waals surface area contributed by atoms with Gasteiger partial charge in [-0.3, -0.25) is 4.57 Å². The van der Waals surface area contributed by atoms with Crippen molar-refractivity contribution in [2.75, 3.05) is 13.2 Å². The molecule has 2 aromatic rings. The van der Waals surface area contributed by atoms with Gasteiger partial charge in [0.2, 0.25) is 0 Å². The molecule has 19 heavy (non-hydrogen) atoms. The Morgan fingerprint density at radius 3 is 2.58 bits per heavy atom. The van der Waals surface area contributed by atoms with Crippen molar-refractivity contribution in [2.24, 2.45) is 5.73 Å². The summed E-state index contributed by atoms with van der Waals surface area (Å²) < 4.78 is 7.39. The molecule has 0 aliphatic heterocycles. The summed E-state index contributed by atoms with van der Waals surface area (Å²) in [7, 11) is 0. The monoisotopic (exact) mass is 260 g/mol. The Balaban J connectivity index is 2.18. The average Bonchev–Trinajstić information content (AvgIpc) is 2.87. The van der Waals surface area contributed by atoms with Crippen LogP contribution in [-0.2, 0) is 17.7 Å². The van der Waals surface area contributed by atoms with E-state index in [1.54, 1.807) is 0 Å². The molecule has 0 aliphatic carbocycles. The topological polar surface area (TPSA) is 66.0 Å². The molecule has 2 N–H and O–H groups in total. The van der Waals surface area contributed by atoms with Gasteiger partial charge in [-0.2, -0.15) is 0 Å². The van der Waals surface area contributed by atoms with Crippen molar-refractivity contribution in [3.63, 3.8) is 0 Å². The minimum absolute atomic E-state index is 0.382. The van der Waals surface area contributed by atoms with Crippen molar-refractivity contribution >= 4 is 0 Å². The number of hydrogen-bond acceptors (Lipinski definition) is 4. The number of ether oxygens (including phenoxy) is 1. The Bertz CT molecular complexity index is 495. The van der Waals surface area contributed by atoms with E-state index in [4.69, 9.17) is 10.5 Å². The first-order valence-corrected chi connectivity index (χ1v) is 6.63. The van der Waals surface area contributed by atoms with Crippen molar-refractivity contribution in [3.05, 3.63) is 42.0 Å². The molecule has 0 saturated carbocycles. The SMILES string of the molecule is CCOCCCc1nnc(CN)n1-c1ccccc1. The quantitative estimate of drug-likeness (QED) is 0.769. The first kappa shape index (κ1) is 13.7. The van der Waals surface area contributed by atoms with Gasteiger partial charge in [0.05, 0.1) is 6.54 Å². The third-order valence-electron chi connectivity index (χ3n) is 2.89. The molecular weight excluding hydrogens is 240 g/mol. The molecule has 2 rings (SSSR count). The molecule has 0 saturated heterocycles. The van der Waals surface area contributed by atoms with E-state index >= 15 is 0 Å². The molecule has 102 valence electrons. The second-order valence-corrected chi connectivity index (χ2v) is 4.21. The molecule has 0 fully saturated rings. The lowest BCUT2D eigenvalue weighted by atomic mass is 10.2. The van der Waals surface area contributed by atoms with Gasteiger partial charge in [-0.15, -0.1) is 10.2 Å². The first-order chi connectivity index (χ1) is 9.36. The predicted molar refractivity (Wildman–Crippen MR) is 74.1 cm³/mol. The van der Waals surface area contributed by atoms with E-state index < -0.39 is 0 Å². The first-order valence-electron chi connectivity index (χ1n) is 6.63. The van der Waals surface area contributed by atoms with Crippen molar-refractivity contribution in [1.29, 1.82) is 0 Å². The molecule has 5 heteroatoms. The number of aromatic nitrogens is 3. The minimum atomic E-state index is 0.382. The van der Waals surface area contributed by atoms with Gasteiger partial charge < -0.3 is 10.5 Å². The van der Waals surface area contributed by atoms with Crippen molar-refractivity contribution in [1.82, 2.24) is 14.8 Å². The van der Waals surface area contributed by atoms with E-state index in [0.29, 0.717) is 6.54 Å². The van der Waals surface area contributed by atoms with Crippen molar-refractivity contribution in [2.45, 2.75) is 26.3 Å². The summed E-state index contributed by atoms with van der Waals surface area (Å²) in [5, 5.41) is 8.40. The highest BCUT2D eigenvalue weighted by Crippen LogP contribution is 2.14. The molecule has 0 radical (unpaired) electrons. The largest absolute Gasteiger partial charge is 0.382 e. The normalized spacial score (nSPS) is 10.8. The van der Waals surface area contributed by atoms with Crippen LogP contribution in [0.2, 0.25) is 0 Å². The number of nitrogens with zero attached hydrogens (tertiary/aromatic N) is 3. The highest BCUT2D eigenvalue weighted by Gasteiger charge is 2.11. The maximum absolute atomic E-state index is 5.73. The zero-order valence-corrected chi connectivity index (χ0v) is 11.2. The van der Waals surface area contributed by atoms with Crippen LogP contribution in [0.1, 0.15) is 25.0 Å². The molecule has 0 aliphatic rings. The van der Waals surface area contributed by atoms with Gasteiger partial charge in [-0.1, -0.05) is 18.2 Å². The lowest BCUT2D eigenvalue weighted by Crippen LogP contribution is -2.10. The van der Waals surface area contributed by atoms with Crippen molar-refractivity contribution in [3.8, 4) is 5.69 Å². The van der Waals surface area contributed by atoms with Crippen LogP contribution in [-0.4, -0.2) is 28.0 Å². The van der Waals surface area contributed by atoms with Crippen LogP contribution < -0.4 is 5.73 Å². The van der Waals surface area contributed by atoms with Crippen LogP contribution in [0.4, 0.5) is 0 Å². The van der Waals surface area contributed by atoms with Gasteiger partial charge in [0, 0.05) is 25.3 Å². The molecule has 0 atom stereocenters. The Hall–Kier alpha value is -1.72. The third-order valence-corrected chi connectivity index (χ3v) is 2.89. The van der Waals surface area contributed by atoms with E-state index in [1.807, 2.05) is 41.8 Å². The maximum Gasteiger partial charge on any atom is 0.151 e. The standard InChI is InChI=1S/C14H20N4O/c1-2-19-10-6-9-13-16-17-14(11-15)18(13)12-7-4-3-5-8-12/h3-5,7-8H,2,6,9-11,15H2,1H3. The zero-order chi connectivity index (χ0) is 13.5. The van der Waals surface area contributed by atoms with Crippen molar-refractivity contribution < 1.29 is 4.74 Å². The van der Waals surface area contributed by atoms with Gasteiger partial charge in [0.25, 0.3) is 0 Å². The summed E-state index contributed by atoms with van der Waals surface area (Å²) in [6.07, 6.45) is 1.77. The van der Waals surface area contributed by atoms with Crippen LogP contribution in [0.5, 0.6) is 0 Å². The molecule has 0 bridgehead atoms. The van der Waals surface area contributed by atoms with E-state index in [0.717, 1.165) is 43.4 Å². The summed E-state index contributed by atoms with van der Waals surface area (Å²) in [6, 6.07) is 10.1. The highest BCUT2D eigenvalue weighted by atomic mass is 16.5. The molecule has 0 amide bonds. The fourth-order valence-corrected chi connectivity index (χ4v) is 2.00. The number of hydrogen-bond donors (Lipinski definition) is 1. The van der Waals surface area contributed by atoms with E-state index in [1.165, 1.54) is 0 Å². The number of benzene rings is 1. The van der Waals surface area contributed by atoms with Gasteiger partial charge in [-0.05, 0) is 25.5 Å². The zero-order valence-electron chi connectivity index (χ0n) is 11.2. The Morgan fingerprint density at radius 1 is 1.16 bits per heavy atom. The van der Waals surface area contributed by atoms with Crippen LogP contribution in [0.15, 0.2) is 30.3 Å². The maximum atomic E-state index is 5.73. The number of rotatable bonds is 7. The third kappa shape index (κ3) is 3.39. The fraction of sp³-hybridized carbons (Fsp3) is 0.429. The average molecular weight is 260 g/mol. The molecule has 1 heterocycles. The molecule has 1 aromatic heterocycles. The van der Waals surface area contributed by atoms with E-state index in [9.17, 15) is 0 Å². The Labute approximate surface area is 113 Å².